The van der Waals surface area contributed by atoms with E-state index in [0.717, 1.165) is 12.8 Å². The average Bonchev–Trinajstić information content (AvgIpc) is 3.45. The summed E-state index contributed by atoms with van der Waals surface area (Å²) in [5.74, 6) is 0.369. The Morgan fingerprint density at radius 1 is 1.36 bits per heavy atom. The van der Waals surface area contributed by atoms with E-state index in [9.17, 15) is 12.8 Å². The van der Waals surface area contributed by atoms with Crippen LogP contribution in [0, 0.1) is 17.1 Å². The second-order valence-electron chi connectivity index (χ2n) is 8.77. The SMILES string of the molecule is C[C@@H]1C[C@@H]2[C@](c3cc(OCC4CC4)ccc3F)(CO1)NC(=N)C(C)(C)S2(=O)=O. The first-order valence-electron chi connectivity index (χ1n) is 9.73. The second kappa shape index (κ2) is 6.42. The highest BCUT2D eigenvalue weighted by atomic mass is 32.2. The highest BCUT2D eigenvalue weighted by Crippen LogP contribution is 2.46. The fourth-order valence-electron chi connectivity index (χ4n) is 4.07. The molecule has 0 unspecified atom stereocenters. The number of hydrogen-bond acceptors (Lipinski definition) is 5. The molecule has 28 heavy (non-hydrogen) atoms. The van der Waals surface area contributed by atoms with Crippen molar-refractivity contribution >= 4 is 15.7 Å². The number of amidine groups is 1. The van der Waals surface area contributed by atoms with Crippen LogP contribution in [0.4, 0.5) is 4.39 Å². The fraction of sp³-hybridized carbons (Fsp3) is 0.650. The molecule has 6 nitrogen and oxygen atoms in total. The van der Waals surface area contributed by atoms with Crippen molar-refractivity contribution in [1.82, 2.24) is 5.32 Å². The molecule has 2 heterocycles. The van der Waals surface area contributed by atoms with E-state index in [0.29, 0.717) is 18.3 Å². The summed E-state index contributed by atoms with van der Waals surface area (Å²) in [4.78, 5) is 0. The maximum absolute atomic E-state index is 15.0. The third-order valence-corrected chi connectivity index (χ3v) is 9.30. The van der Waals surface area contributed by atoms with E-state index in [2.05, 4.69) is 5.32 Å². The van der Waals surface area contributed by atoms with Crippen LogP contribution in [0.1, 0.15) is 45.6 Å². The van der Waals surface area contributed by atoms with Gasteiger partial charge in [0.15, 0.2) is 9.84 Å². The molecule has 0 aromatic heterocycles. The molecule has 1 saturated carbocycles. The van der Waals surface area contributed by atoms with Gasteiger partial charge in [0.05, 0.1) is 24.6 Å². The predicted molar refractivity (Wildman–Crippen MR) is 104 cm³/mol. The number of benzene rings is 1. The van der Waals surface area contributed by atoms with E-state index in [-0.39, 0.29) is 30.5 Å². The van der Waals surface area contributed by atoms with Gasteiger partial charge in [0.25, 0.3) is 0 Å². The number of sulfone groups is 1. The third-order valence-electron chi connectivity index (χ3n) is 6.33. The molecule has 1 aromatic rings. The maximum atomic E-state index is 15.0. The Morgan fingerprint density at radius 2 is 2.07 bits per heavy atom. The van der Waals surface area contributed by atoms with Gasteiger partial charge in [-0.1, -0.05) is 0 Å². The van der Waals surface area contributed by atoms with E-state index in [4.69, 9.17) is 14.9 Å². The van der Waals surface area contributed by atoms with Crippen LogP contribution in [-0.4, -0.2) is 43.6 Å². The Morgan fingerprint density at radius 3 is 2.75 bits per heavy atom. The molecule has 2 saturated heterocycles. The van der Waals surface area contributed by atoms with Gasteiger partial charge in [0.2, 0.25) is 0 Å². The zero-order valence-corrected chi connectivity index (χ0v) is 17.2. The summed E-state index contributed by atoms with van der Waals surface area (Å²) >= 11 is 0. The third kappa shape index (κ3) is 2.92. The van der Waals surface area contributed by atoms with Gasteiger partial charge >= 0.3 is 0 Å². The van der Waals surface area contributed by atoms with Crippen LogP contribution in [0.2, 0.25) is 0 Å². The lowest BCUT2D eigenvalue weighted by Gasteiger charge is -2.53. The summed E-state index contributed by atoms with van der Waals surface area (Å²) in [6.07, 6.45) is 2.24. The zero-order valence-electron chi connectivity index (χ0n) is 16.4. The summed E-state index contributed by atoms with van der Waals surface area (Å²) in [5, 5.41) is 10.5. The molecule has 1 aliphatic carbocycles. The van der Waals surface area contributed by atoms with E-state index >= 15 is 0 Å². The first-order valence-corrected chi connectivity index (χ1v) is 11.3. The van der Waals surface area contributed by atoms with E-state index in [1.165, 1.54) is 19.9 Å². The number of fused-ring (bicyclic) bond motifs is 1. The summed E-state index contributed by atoms with van der Waals surface area (Å²) in [7, 11) is -3.77. The Kier molecular flexibility index (Phi) is 4.50. The Bertz CT molecular complexity index is 913. The van der Waals surface area contributed by atoms with Gasteiger partial charge in [0.1, 0.15) is 27.7 Å². The average molecular weight is 411 g/mol. The van der Waals surface area contributed by atoms with Crippen molar-refractivity contribution in [3.05, 3.63) is 29.6 Å². The molecule has 3 atom stereocenters. The standard InChI is InChI=1S/C20H27FN2O4S/c1-12-8-17-20(11-27-12,23-18(22)19(2,3)28(17,24)25)15-9-14(6-7-16(15)21)26-10-13-4-5-13/h6-7,9,12-13,17H,4-5,8,10-11H2,1-3H3,(H2,22,23)/t12-,17-,20-/m1/s1. The second-order valence-corrected chi connectivity index (χ2v) is 11.4. The lowest BCUT2D eigenvalue weighted by atomic mass is 9.81. The molecule has 2 aliphatic heterocycles. The van der Waals surface area contributed by atoms with E-state index < -0.39 is 31.2 Å². The van der Waals surface area contributed by atoms with Crippen LogP contribution in [0.3, 0.4) is 0 Å². The minimum absolute atomic E-state index is 0.0283. The van der Waals surface area contributed by atoms with Crippen molar-refractivity contribution in [3.63, 3.8) is 0 Å². The summed E-state index contributed by atoms with van der Waals surface area (Å²) in [6.45, 7) is 5.40. The quantitative estimate of drug-likeness (QED) is 0.797. The van der Waals surface area contributed by atoms with Gasteiger partial charge in [0, 0.05) is 5.56 Å². The highest BCUT2D eigenvalue weighted by Gasteiger charge is 2.62. The summed E-state index contributed by atoms with van der Waals surface area (Å²) in [5.41, 5.74) is -1.16. The number of hydrogen-bond donors (Lipinski definition) is 2. The Balaban J connectivity index is 1.81. The lowest BCUT2D eigenvalue weighted by Crippen LogP contribution is -2.73. The van der Waals surface area contributed by atoms with Gasteiger partial charge in [-0.2, -0.15) is 0 Å². The fourth-order valence-corrected chi connectivity index (χ4v) is 6.42. The molecular weight excluding hydrogens is 383 g/mol. The Hall–Kier alpha value is -1.67. The molecule has 2 N–H and O–H groups in total. The lowest BCUT2D eigenvalue weighted by molar-refractivity contribution is -0.0270. The van der Waals surface area contributed by atoms with Crippen LogP contribution in [-0.2, 0) is 20.1 Å². The zero-order chi connectivity index (χ0) is 20.3. The Labute approximate surface area is 165 Å². The molecule has 0 spiro atoms. The van der Waals surface area contributed by atoms with Crippen LogP contribution >= 0.6 is 0 Å². The van der Waals surface area contributed by atoms with Crippen molar-refractivity contribution < 1.29 is 22.3 Å². The van der Waals surface area contributed by atoms with Gasteiger partial charge in [-0.3, -0.25) is 5.41 Å². The smallest absolute Gasteiger partial charge is 0.168 e. The molecule has 4 rings (SSSR count). The molecular formula is C20H27FN2O4S. The molecule has 1 aromatic carbocycles. The first kappa shape index (κ1) is 19.6. The largest absolute Gasteiger partial charge is 0.493 e. The van der Waals surface area contributed by atoms with Gasteiger partial charge in [-0.15, -0.1) is 0 Å². The van der Waals surface area contributed by atoms with Gasteiger partial charge in [-0.25, -0.2) is 12.8 Å². The molecule has 154 valence electrons. The predicted octanol–water partition coefficient (Wildman–Crippen LogP) is 2.76. The summed E-state index contributed by atoms with van der Waals surface area (Å²) < 4.78 is 52.1. The molecule has 8 heteroatoms. The molecule has 0 radical (unpaired) electrons. The van der Waals surface area contributed by atoms with E-state index in [1.807, 2.05) is 6.92 Å². The highest BCUT2D eigenvalue weighted by molar-refractivity contribution is 7.94. The number of rotatable bonds is 4. The number of nitrogens with one attached hydrogen (secondary N) is 2. The van der Waals surface area contributed by atoms with Gasteiger partial charge < -0.3 is 14.8 Å². The van der Waals surface area contributed by atoms with Gasteiger partial charge in [-0.05, 0) is 64.2 Å². The molecule has 0 bridgehead atoms. The monoisotopic (exact) mass is 410 g/mol. The summed E-state index contributed by atoms with van der Waals surface area (Å²) in [6, 6.07) is 4.43. The van der Waals surface area contributed by atoms with Crippen molar-refractivity contribution in [2.45, 2.75) is 61.7 Å². The first-order chi connectivity index (χ1) is 13.1. The van der Waals surface area contributed by atoms with Crippen LogP contribution < -0.4 is 10.1 Å². The maximum Gasteiger partial charge on any atom is 0.168 e. The van der Waals surface area contributed by atoms with Crippen molar-refractivity contribution in [2.75, 3.05) is 13.2 Å². The number of ether oxygens (including phenoxy) is 2. The van der Waals surface area contributed by atoms with Crippen molar-refractivity contribution in [2.24, 2.45) is 5.92 Å². The van der Waals surface area contributed by atoms with Crippen LogP contribution in [0.25, 0.3) is 0 Å². The molecule has 3 aliphatic rings. The van der Waals surface area contributed by atoms with Crippen LogP contribution in [0.5, 0.6) is 5.75 Å². The number of halogens is 1. The van der Waals surface area contributed by atoms with Crippen LogP contribution in [0.15, 0.2) is 18.2 Å². The minimum Gasteiger partial charge on any atom is -0.493 e. The normalized spacial score (nSPS) is 33.6. The minimum atomic E-state index is -3.77. The molecule has 3 fully saturated rings. The van der Waals surface area contributed by atoms with Crippen molar-refractivity contribution in [3.8, 4) is 5.75 Å². The topological polar surface area (TPSA) is 88.5 Å². The van der Waals surface area contributed by atoms with Crippen molar-refractivity contribution in [1.29, 1.82) is 5.41 Å². The molecule has 0 amide bonds. The van der Waals surface area contributed by atoms with E-state index in [1.54, 1.807) is 12.1 Å².